The monoisotopic (exact) mass is 493 g/mol. The Kier molecular flexibility index (Phi) is 7.05. The van der Waals surface area contributed by atoms with Crippen LogP contribution in [0.2, 0.25) is 10.0 Å². The van der Waals surface area contributed by atoms with Gasteiger partial charge in [-0.05, 0) is 31.5 Å². The smallest absolute Gasteiger partial charge is 0.278 e. The molecule has 2 aromatic heterocycles. The molecule has 0 saturated carbocycles. The molecule has 10 heteroatoms. The quantitative estimate of drug-likeness (QED) is 0.523. The average molecular weight is 494 g/mol. The Balaban J connectivity index is 1.69. The van der Waals surface area contributed by atoms with Crippen molar-refractivity contribution >= 4 is 45.5 Å². The van der Waals surface area contributed by atoms with Crippen LogP contribution in [0.1, 0.15) is 19.5 Å². The topological polar surface area (TPSA) is 72.3 Å². The number of nitrogens with one attached hydrogen (secondary N) is 1. The normalized spacial score (nSPS) is 18.3. The molecule has 1 saturated heterocycles. The maximum absolute atomic E-state index is 13.2. The second-order valence-electron chi connectivity index (χ2n) is 7.56. The van der Waals surface area contributed by atoms with E-state index in [2.05, 4.69) is 15.2 Å². The van der Waals surface area contributed by atoms with Gasteiger partial charge in [0.15, 0.2) is 5.13 Å². The number of hydrogen-bond acceptors (Lipinski definition) is 7. The van der Waals surface area contributed by atoms with Gasteiger partial charge in [0.1, 0.15) is 11.5 Å². The van der Waals surface area contributed by atoms with Crippen LogP contribution in [0.15, 0.2) is 34.6 Å². The zero-order chi connectivity index (χ0) is 22.8. The van der Waals surface area contributed by atoms with Crippen molar-refractivity contribution < 1.29 is 4.74 Å². The second-order valence-corrected chi connectivity index (χ2v) is 9.28. The van der Waals surface area contributed by atoms with Crippen LogP contribution in [0.5, 0.6) is 0 Å². The summed E-state index contributed by atoms with van der Waals surface area (Å²) in [5.41, 5.74) is 1.45. The molecule has 4 rings (SSSR count). The van der Waals surface area contributed by atoms with Crippen molar-refractivity contribution in [2.24, 2.45) is 7.05 Å². The van der Waals surface area contributed by atoms with Crippen molar-refractivity contribution in [3.05, 3.63) is 55.9 Å². The maximum Gasteiger partial charge on any atom is 0.278 e. The highest BCUT2D eigenvalue weighted by Gasteiger charge is 2.35. The van der Waals surface area contributed by atoms with E-state index in [0.717, 1.165) is 23.9 Å². The molecule has 1 N–H and O–H groups in total. The molecule has 0 amide bonds. The first-order valence-electron chi connectivity index (χ1n) is 10.5. The molecule has 3 heterocycles. The number of halogens is 2. The van der Waals surface area contributed by atoms with Gasteiger partial charge >= 0.3 is 0 Å². The van der Waals surface area contributed by atoms with Gasteiger partial charge in [-0.2, -0.15) is 0 Å². The Bertz CT molecular complexity index is 1150. The fourth-order valence-electron chi connectivity index (χ4n) is 3.97. The molecular weight excluding hydrogens is 469 g/mol. The fourth-order valence-corrected chi connectivity index (χ4v) is 5.13. The summed E-state index contributed by atoms with van der Waals surface area (Å²) in [7, 11) is 1.75. The predicted octanol–water partition coefficient (Wildman–Crippen LogP) is 4.48. The van der Waals surface area contributed by atoms with E-state index < -0.39 is 0 Å². The molecule has 1 aliphatic rings. The van der Waals surface area contributed by atoms with E-state index in [-0.39, 0.29) is 17.7 Å². The van der Waals surface area contributed by atoms with Crippen LogP contribution < -0.4 is 15.8 Å². The molecule has 32 heavy (non-hydrogen) atoms. The highest BCUT2D eigenvalue weighted by atomic mass is 35.5. The summed E-state index contributed by atoms with van der Waals surface area (Å²) in [5, 5.41) is 7.40. The lowest BCUT2D eigenvalue weighted by atomic mass is 10.1. The number of aryl methyl sites for hydroxylation is 1. The van der Waals surface area contributed by atoms with Gasteiger partial charge in [0.25, 0.3) is 5.56 Å². The third-order valence-electron chi connectivity index (χ3n) is 5.54. The molecule has 7 nitrogen and oxygen atoms in total. The third-order valence-corrected chi connectivity index (χ3v) is 6.92. The maximum atomic E-state index is 13.2. The number of anilines is 2. The van der Waals surface area contributed by atoms with Crippen molar-refractivity contribution in [3.63, 3.8) is 0 Å². The highest BCUT2D eigenvalue weighted by Crippen LogP contribution is 2.30. The van der Waals surface area contributed by atoms with Crippen molar-refractivity contribution in [3.8, 4) is 11.3 Å². The van der Waals surface area contributed by atoms with Gasteiger partial charge in [-0.25, -0.2) is 9.97 Å². The van der Waals surface area contributed by atoms with Gasteiger partial charge in [0, 0.05) is 48.9 Å². The molecule has 0 radical (unpaired) electrons. The van der Waals surface area contributed by atoms with E-state index in [9.17, 15) is 4.79 Å². The van der Waals surface area contributed by atoms with E-state index in [1.54, 1.807) is 47.3 Å². The lowest BCUT2D eigenvalue weighted by molar-refractivity contribution is 0.0719. The van der Waals surface area contributed by atoms with Crippen LogP contribution in [0.3, 0.4) is 0 Å². The SMILES string of the molecule is CCO[C@H]1CN(c2nccs2)C[C@H]1Nc1c(CC)nc(-c2ccc(Cl)cc2Cl)c(=O)n1C. The first-order valence-corrected chi connectivity index (χ1v) is 12.1. The lowest BCUT2D eigenvalue weighted by Gasteiger charge is -2.24. The highest BCUT2D eigenvalue weighted by molar-refractivity contribution is 7.13. The first kappa shape index (κ1) is 23.0. The van der Waals surface area contributed by atoms with E-state index >= 15 is 0 Å². The number of nitrogens with zero attached hydrogens (tertiary/aromatic N) is 4. The molecule has 0 spiro atoms. The molecule has 1 fully saturated rings. The number of thiazole rings is 1. The Labute approximate surface area is 201 Å². The summed E-state index contributed by atoms with van der Waals surface area (Å²) in [6.45, 7) is 6.07. The number of ether oxygens (including phenoxy) is 1. The molecule has 2 atom stereocenters. The summed E-state index contributed by atoms with van der Waals surface area (Å²) < 4.78 is 7.63. The zero-order valence-corrected chi connectivity index (χ0v) is 20.5. The molecular formula is C22H25Cl2N5O2S. The van der Waals surface area contributed by atoms with E-state index in [4.69, 9.17) is 32.9 Å². The van der Waals surface area contributed by atoms with Crippen LogP contribution in [-0.4, -0.2) is 46.4 Å². The number of rotatable bonds is 7. The fraction of sp³-hybridized carbons (Fsp3) is 0.409. The minimum Gasteiger partial charge on any atom is -0.374 e. The van der Waals surface area contributed by atoms with Crippen LogP contribution in [0.4, 0.5) is 10.9 Å². The average Bonchev–Trinajstić information content (AvgIpc) is 3.43. The summed E-state index contributed by atoms with van der Waals surface area (Å²) >= 11 is 14.0. The predicted molar refractivity (Wildman–Crippen MR) is 131 cm³/mol. The van der Waals surface area contributed by atoms with E-state index in [1.807, 2.05) is 19.2 Å². The van der Waals surface area contributed by atoms with Crippen LogP contribution in [-0.2, 0) is 18.2 Å². The van der Waals surface area contributed by atoms with Crippen molar-refractivity contribution in [1.29, 1.82) is 0 Å². The van der Waals surface area contributed by atoms with Gasteiger partial charge in [-0.3, -0.25) is 9.36 Å². The van der Waals surface area contributed by atoms with Crippen molar-refractivity contribution in [2.45, 2.75) is 32.4 Å². The molecule has 170 valence electrons. The minimum absolute atomic E-state index is 0.0125. The lowest BCUT2D eigenvalue weighted by Crippen LogP contribution is -2.37. The van der Waals surface area contributed by atoms with Crippen LogP contribution in [0, 0.1) is 0 Å². The number of hydrogen-bond donors (Lipinski definition) is 1. The zero-order valence-electron chi connectivity index (χ0n) is 18.1. The van der Waals surface area contributed by atoms with E-state index in [0.29, 0.717) is 40.1 Å². The Hall–Kier alpha value is -2.13. The van der Waals surface area contributed by atoms with Gasteiger partial charge in [-0.1, -0.05) is 30.1 Å². The van der Waals surface area contributed by atoms with Gasteiger partial charge < -0.3 is 15.0 Å². The third kappa shape index (κ3) is 4.50. The summed E-state index contributed by atoms with van der Waals surface area (Å²) in [6, 6.07) is 5.05. The summed E-state index contributed by atoms with van der Waals surface area (Å²) in [5.74, 6) is 0.696. The van der Waals surface area contributed by atoms with Gasteiger partial charge in [-0.15, -0.1) is 11.3 Å². The first-order chi connectivity index (χ1) is 15.4. The van der Waals surface area contributed by atoms with Crippen molar-refractivity contribution in [2.75, 3.05) is 29.9 Å². The largest absolute Gasteiger partial charge is 0.374 e. The van der Waals surface area contributed by atoms with Crippen LogP contribution in [0.25, 0.3) is 11.3 Å². The molecule has 0 aliphatic carbocycles. The van der Waals surface area contributed by atoms with Crippen molar-refractivity contribution in [1.82, 2.24) is 14.5 Å². The van der Waals surface area contributed by atoms with E-state index in [1.165, 1.54) is 0 Å². The molecule has 1 aliphatic heterocycles. The Morgan fingerprint density at radius 2 is 2.09 bits per heavy atom. The number of aromatic nitrogens is 3. The summed E-state index contributed by atoms with van der Waals surface area (Å²) in [6.07, 6.45) is 2.42. The number of benzene rings is 1. The second kappa shape index (κ2) is 9.79. The Morgan fingerprint density at radius 1 is 1.28 bits per heavy atom. The van der Waals surface area contributed by atoms with Gasteiger partial charge in [0.2, 0.25) is 0 Å². The molecule has 0 bridgehead atoms. The molecule has 1 aromatic carbocycles. The minimum atomic E-state index is -0.225. The Morgan fingerprint density at radius 3 is 2.75 bits per heavy atom. The van der Waals surface area contributed by atoms with Crippen LogP contribution >= 0.6 is 34.5 Å². The summed E-state index contributed by atoms with van der Waals surface area (Å²) in [4.78, 5) is 24.6. The standard InChI is InChI=1S/C22H25Cl2N5O2S/c1-4-16-20(27-17-11-29(12-18(17)31-5-2)22-25-8-9-32-22)28(3)21(30)19(26-16)14-7-6-13(23)10-15(14)24/h6-10,17-18,27H,4-5,11-12H2,1-3H3/t17-,18+/m1/s1. The van der Waals surface area contributed by atoms with Gasteiger partial charge in [0.05, 0.1) is 22.9 Å². The molecule has 3 aromatic rings. The molecule has 0 unspecified atom stereocenters.